The molecule has 1 aromatic heterocycles. The third-order valence-corrected chi connectivity index (χ3v) is 5.54. The number of hydrogen-bond donors (Lipinski definition) is 0. The van der Waals surface area contributed by atoms with Crippen LogP contribution in [0.5, 0.6) is 0 Å². The first-order valence-corrected chi connectivity index (χ1v) is 9.40. The third kappa shape index (κ3) is 3.93. The summed E-state index contributed by atoms with van der Waals surface area (Å²) in [7, 11) is 0. The summed E-state index contributed by atoms with van der Waals surface area (Å²) in [5.74, 6) is 2.51. The van der Waals surface area contributed by atoms with E-state index in [1.165, 1.54) is 12.8 Å². The number of rotatable bonds is 8. The van der Waals surface area contributed by atoms with Gasteiger partial charge >= 0.3 is 0 Å². The Morgan fingerprint density at radius 2 is 2.09 bits per heavy atom. The molecule has 5 heteroatoms. The van der Waals surface area contributed by atoms with Crippen molar-refractivity contribution in [2.75, 3.05) is 6.54 Å². The minimum atomic E-state index is 0.203. The molecule has 1 saturated heterocycles. The van der Waals surface area contributed by atoms with E-state index in [9.17, 15) is 4.79 Å². The van der Waals surface area contributed by atoms with Gasteiger partial charge in [0, 0.05) is 31.5 Å². The number of likely N-dealkylation sites (tertiary alicyclic amines) is 1. The molecule has 0 bridgehead atoms. The molecule has 128 valence electrons. The van der Waals surface area contributed by atoms with Crippen LogP contribution in [0.25, 0.3) is 0 Å². The second-order valence-electron chi connectivity index (χ2n) is 7.22. The van der Waals surface area contributed by atoms with Crippen molar-refractivity contribution in [1.29, 1.82) is 0 Å². The number of amides is 1. The Balaban J connectivity index is 1.56. The fourth-order valence-electron chi connectivity index (χ4n) is 3.80. The normalized spacial score (nSPS) is 21.3. The van der Waals surface area contributed by atoms with Crippen LogP contribution in [0.1, 0.15) is 64.6 Å². The molecule has 0 aromatic carbocycles. The molecular formula is C18H30N4O. The Hall–Kier alpha value is -1.39. The zero-order chi connectivity index (χ0) is 16.2. The summed E-state index contributed by atoms with van der Waals surface area (Å²) < 4.78 is 2.22. The summed E-state index contributed by atoms with van der Waals surface area (Å²) in [6.45, 7) is 6.26. The van der Waals surface area contributed by atoms with Crippen LogP contribution in [0.4, 0.5) is 0 Å². The molecule has 3 rings (SSSR count). The van der Waals surface area contributed by atoms with Gasteiger partial charge in [-0.25, -0.2) is 0 Å². The predicted molar refractivity (Wildman–Crippen MR) is 89.9 cm³/mol. The summed E-state index contributed by atoms with van der Waals surface area (Å²) >= 11 is 0. The first-order valence-electron chi connectivity index (χ1n) is 9.40. The van der Waals surface area contributed by atoms with Crippen molar-refractivity contribution in [3.05, 3.63) is 12.2 Å². The fourth-order valence-corrected chi connectivity index (χ4v) is 3.80. The van der Waals surface area contributed by atoms with Crippen molar-refractivity contribution in [2.24, 2.45) is 11.8 Å². The van der Waals surface area contributed by atoms with E-state index in [4.69, 9.17) is 0 Å². The number of carbonyl (C=O) groups is 1. The molecule has 2 aliphatic rings. The van der Waals surface area contributed by atoms with Gasteiger partial charge in [0.05, 0.1) is 0 Å². The average Bonchev–Trinajstić information content (AvgIpc) is 3.07. The van der Waals surface area contributed by atoms with E-state index in [0.29, 0.717) is 11.9 Å². The molecular weight excluding hydrogens is 288 g/mol. The third-order valence-electron chi connectivity index (χ3n) is 5.54. The Kier molecular flexibility index (Phi) is 5.34. The minimum absolute atomic E-state index is 0.203. The van der Waals surface area contributed by atoms with Gasteiger partial charge in [0.25, 0.3) is 0 Å². The largest absolute Gasteiger partial charge is 0.339 e. The topological polar surface area (TPSA) is 51.0 Å². The van der Waals surface area contributed by atoms with Gasteiger partial charge in [-0.1, -0.05) is 13.8 Å². The molecule has 0 spiro atoms. The molecule has 5 nitrogen and oxygen atoms in total. The Bertz CT molecular complexity index is 519. The van der Waals surface area contributed by atoms with E-state index < -0.39 is 0 Å². The number of hydrogen-bond acceptors (Lipinski definition) is 3. The van der Waals surface area contributed by atoms with Gasteiger partial charge in [0.15, 0.2) is 0 Å². The van der Waals surface area contributed by atoms with Crippen LogP contribution in [-0.2, 0) is 17.8 Å². The van der Waals surface area contributed by atoms with Crippen LogP contribution in [0, 0.1) is 11.8 Å². The van der Waals surface area contributed by atoms with Gasteiger partial charge < -0.3 is 9.47 Å². The highest BCUT2D eigenvalue weighted by molar-refractivity contribution is 5.79. The fraction of sp³-hybridized carbons (Fsp3) is 0.833. The maximum absolute atomic E-state index is 12.7. The maximum Gasteiger partial charge on any atom is 0.225 e. The molecule has 2 heterocycles. The van der Waals surface area contributed by atoms with Gasteiger partial charge in [-0.15, -0.1) is 10.2 Å². The van der Waals surface area contributed by atoms with E-state index in [0.717, 1.165) is 63.4 Å². The van der Waals surface area contributed by atoms with Crippen molar-refractivity contribution in [3.63, 3.8) is 0 Å². The summed E-state index contributed by atoms with van der Waals surface area (Å²) in [4.78, 5) is 14.8. The van der Waals surface area contributed by atoms with Crippen LogP contribution in [-0.4, -0.2) is 38.2 Å². The number of carbonyl (C=O) groups excluding carboxylic acids is 1. The van der Waals surface area contributed by atoms with Gasteiger partial charge in [0.1, 0.15) is 12.2 Å². The first-order chi connectivity index (χ1) is 11.2. The first kappa shape index (κ1) is 16.5. The quantitative estimate of drug-likeness (QED) is 0.740. The molecule has 1 aliphatic heterocycles. The number of aromatic nitrogens is 3. The zero-order valence-electron chi connectivity index (χ0n) is 14.6. The zero-order valence-corrected chi connectivity index (χ0v) is 14.6. The highest BCUT2D eigenvalue weighted by Gasteiger charge is 2.32. The summed E-state index contributed by atoms with van der Waals surface area (Å²) in [6.07, 6.45) is 10.7. The standard InChI is InChI=1S/C18H30N4O/c1-3-15(4-2)18(23)22-11-5-6-16(22)9-10-17-20-19-13-21(17)12-14-7-8-14/h13-16H,3-12H2,1-2H3. The smallest absolute Gasteiger partial charge is 0.225 e. The highest BCUT2D eigenvalue weighted by atomic mass is 16.2. The predicted octanol–water partition coefficient (Wildman–Crippen LogP) is 3.05. The molecule has 2 fully saturated rings. The molecule has 1 atom stereocenters. The minimum Gasteiger partial charge on any atom is -0.339 e. The van der Waals surface area contributed by atoms with Gasteiger partial charge in [-0.05, 0) is 50.9 Å². The lowest BCUT2D eigenvalue weighted by atomic mass is 10.0. The average molecular weight is 318 g/mol. The lowest BCUT2D eigenvalue weighted by Crippen LogP contribution is -2.39. The Labute approximate surface area is 139 Å². The number of aryl methyl sites for hydroxylation is 1. The second kappa shape index (κ2) is 7.45. The summed E-state index contributed by atoms with van der Waals surface area (Å²) in [5, 5.41) is 8.39. The van der Waals surface area contributed by atoms with Crippen LogP contribution in [0.2, 0.25) is 0 Å². The molecule has 1 unspecified atom stereocenters. The monoisotopic (exact) mass is 318 g/mol. The van der Waals surface area contributed by atoms with Crippen LogP contribution >= 0.6 is 0 Å². The summed E-state index contributed by atoms with van der Waals surface area (Å²) in [5.41, 5.74) is 0. The van der Waals surface area contributed by atoms with E-state index >= 15 is 0 Å². The Morgan fingerprint density at radius 3 is 2.78 bits per heavy atom. The van der Waals surface area contributed by atoms with Crippen LogP contribution in [0.3, 0.4) is 0 Å². The maximum atomic E-state index is 12.7. The van der Waals surface area contributed by atoms with E-state index in [2.05, 4.69) is 33.5 Å². The van der Waals surface area contributed by atoms with Crippen molar-refractivity contribution < 1.29 is 4.79 Å². The molecule has 1 aliphatic carbocycles. The molecule has 1 saturated carbocycles. The molecule has 1 aromatic rings. The lowest BCUT2D eigenvalue weighted by Gasteiger charge is -2.28. The molecule has 0 N–H and O–H groups in total. The van der Waals surface area contributed by atoms with Crippen LogP contribution < -0.4 is 0 Å². The summed E-state index contributed by atoms with van der Waals surface area (Å²) in [6, 6.07) is 0.397. The van der Waals surface area contributed by atoms with Crippen molar-refractivity contribution in [2.45, 2.75) is 77.8 Å². The Morgan fingerprint density at radius 1 is 1.30 bits per heavy atom. The SMILES string of the molecule is CCC(CC)C(=O)N1CCCC1CCc1nncn1CC1CC1. The van der Waals surface area contributed by atoms with Crippen molar-refractivity contribution in [3.8, 4) is 0 Å². The van der Waals surface area contributed by atoms with E-state index in [-0.39, 0.29) is 5.92 Å². The van der Waals surface area contributed by atoms with Gasteiger partial charge in [-0.2, -0.15) is 0 Å². The van der Waals surface area contributed by atoms with Crippen molar-refractivity contribution >= 4 is 5.91 Å². The molecule has 1 amide bonds. The molecule has 0 radical (unpaired) electrons. The van der Waals surface area contributed by atoms with Gasteiger partial charge in [-0.3, -0.25) is 4.79 Å². The second-order valence-corrected chi connectivity index (χ2v) is 7.22. The van der Waals surface area contributed by atoms with Crippen LogP contribution in [0.15, 0.2) is 6.33 Å². The van der Waals surface area contributed by atoms with Crippen molar-refractivity contribution in [1.82, 2.24) is 19.7 Å². The number of nitrogens with zero attached hydrogens (tertiary/aromatic N) is 4. The van der Waals surface area contributed by atoms with Gasteiger partial charge in [0.2, 0.25) is 5.91 Å². The van der Waals surface area contributed by atoms with E-state index in [1.54, 1.807) is 0 Å². The molecule has 23 heavy (non-hydrogen) atoms. The highest BCUT2D eigenvalue weighted by Crippen LogP contribution is 2.31. The lowest BCUT2D eigenvalue weighted by molar-refractivity contribution is -0.136. The van der Waals surface area contributed by atoms with E-state index in [1.807, 2.05) is 6.33 Å².